The first-order chi connectivity index (χ1) is 5.80. The summed E-state index contributed by atoms with van der Waals surface area (Å²) in [5, 5.41) is 0. The van der Waals surface area contributed by atoms with Crippen LogP contribution in [0.4, 0.5) is 0 Å². The second-order valence-electron chi connectivity index (χ2n) is 3.30. The SMILES string of the molecule is CC.CC(C)C1C=CC=CCC1. The molecule has 1 aliphatic carbocycles. The first-order valence-electron chi connectivity index (χ1n) is 5.14. The molecule has 1 rings (SSSR count). The third-order valence-corrected chi connectivity index (χ3v) is 2.13. The molecule has 12 heavy (non-hydrogen) atoms. The number of allylic oxidation sites excluding steroid dienone is 4. The number of hydrogen-bond donors (Lipinski definition) is 0. The smallest absolute Gasteiger partial charge is 0.0204 e. The third-order valence-electron chi connectivity index (χ3n) is 2.13. The number of hydrogen-bond acceptors (Lipinski definition) is 0. The molecule has 0 heteroatoms. The molecule has 0 aromatic heterocycles. The summed E-state index contributed by atoms with van der Waals surface area (Å²) in [4.78, 5) is 0. The van der Waals surface area contributed by atoms with Crippen LogP contribution in [0, 0.1) is 11.8 Å². The summed E-state index contributed by atoms with van der Waals surface area (Å²) in [6, 6.07) is 0. The lowest BCUT2D eigenvalue weighted by atomic mass is 9.92. The van der Waals surface area contributed by atoms with Crippen LogP contribution in [0.3, 0.4) is 0 Å². The molecule has 0 spiro atoms. The van der Waals surface area contributed by atoms with E-state index in [1.165, 1.54) is 12.8 Å². The summed E-state index contributed by atoms with van der Waals surface area (Å²) in [5.41, 5.74) is 0. The highest BCUT2D eigenvalue weighted by Gasteiger charge is 2.08. The molecule has 0 saturated carbocycles. The minimum absolute atomic E-state index is 0.801. The van der Waals surface area contributed by atoms with Gasteiger partial charge < -0.3 is 0 Å². The van der Waals surface area contributed by atoms with Gasteiger partial charge in [0, 0.05) is 0 Å². The van der Waals surface area contributed by atoms with Crippen molar-refractivity contribution in [3.8, 4) is 0 Å². The van der Waals surface area contributed by atoms with Gasteiger partial charge in [-0.2, -0.15) is 0 Å². The second-order valence-corrected chi connectivity index (χ2v) is 3.30. The topological polar surface area (TPSA) is 0 Å². The Morgan fingerprint density at radius 3 is 2.42 bits per heavy atom. The maximum Gasteiger partial charge on any atom is -0.0204 e. The molecule has 0 aromatic carbocycles. The Morgan fingerprint density at radius 2 is 1.83 bits per heavy atom. The molecule has 0 aromatic rings. The fourth-order valence-electron chi connectivity index (χ4n) is 1.32. The van der Waals surface area contributed by atoms with Gasteiger partial charge >= 0.3 is 0 Å². The summed E-state index contributed by atoms with van der Waals surface area (Å²) < 4.78 is 0. The van der Waals surface area contributed by atoms with Crippen LogP contribution in [-0.2, 0) is 0 Å². The van der Waals surface area contributed by atoms with Gasteiger partial charge in [-0.3, -0.25) is 0 Å². The van der Waals surface area contributed by atoms with E-state index in [1.54, 1.807) is 0 Å². The highest BCUT2D eigenvalue weighted by molar-refractivity contribution is 5.07. The minimum atomic E-state index is 0.801. The average molecular weight is 166 g/mol. The lowest BCUT2D eigenvalue weighted by Gasteiger charge is -2.14. The predicted octanol–water partition coefficient (Wildman–Crippen LogP) is 4.19. The van der Waals surface area contributed by atoms with Gasteiger partial charge in [0.15, 0.2) is 0 Å². The van der Waals surface area contributed by atoms with E-state index in [1.807, 2.05) is 13.8 Å². The molecule has 0 amide bonds. The van der Waals surface area contributed by atoms with Crippen LogP contribution in [0.15, 0.2) is 24.3 Å². The Bertz CT molecular complexity index is 140. The Balaban J connectivity index is 0.000000561. The standard InChI is InChI=1S/C10H16.C2H6/c1-9(2)10-7-5-3-4-6-8-10;1-2/h3-5,7,9-10H,6,8H2,1-2H3;1-2H3. The molecule has 0 fully saturated rings. The van der Waals surface area contributed by atoms with Crippen LogP contribution in [0.2, 0.25) is 0 Å². The highest BCUT2D eigenvalue weighted by atomic mass is 14.1. The molecule has 0 nitrogen and oxygen atoms in total. The van der Waals surface area contributed by atoms with Gasteiger partial charge in [-0.05, 0) is 24.7 Å². The third kappa shape index (κ3) is 4.38. The highest BCUT2D eigenvalue weighted by Crippen LogP contribution is 2.20. The van der Waals surface area contributed by atoms with Crippen LogP contribution in [-0.4, -0.2) is 0 Å². The summed E-state index contributed by atoms with van der Waals surface area (Å²) in [6.07, 6.45) is 11.5. The van der Waals surface area contributed by atoms with Crippen molar-refractivity contribution < 1.29 is 0 Å². The number of rotatable bonds is 1. The molecule has 0 heterocycles. The molecule has 0 aliphatic heterocycles. The Kier molecular flexibility index (Phi) is 6.84. The molecule has 0 N–H and O–H groups in total. The molecular formula is C12H22. The van der Waals surface area contributed by atoms with Crippen LogP contribution in [0.1, 0.15) is 40.5 Å². The largest absolute Gasteiger partial charge is 0.0845 e. The van der Waals surface area contributed by atoms with Gasteiger partial charge in [-0.25, -0.2) is 0 Å². The van der Waals surface area contributed by atoms with Crippen LogP contribution >= 0.6 is 0 Å². The molecule has 70 valence electrons. The molecule has 1 unspecified atom stereocenters. The van der Waals surface area contributed by atoms with Crippen LogP contribution in [0.5, 0.6) is 0 Å². The Hall–Kier alpha value is -0.520. The fraction of sp³-hybridized carbons (Fsp3) is 0.667. The van der Waals surface area contributed by atoms with Gasteiger partial charge in [0.1, 0.15) is 0 Å². The van der Waals surface area contributed by atoms with Crippen molar-refractivity contribution in [2.24, 2.45) is 11.8 Å². The van der Waals surface area contributed by atoms with Gasteiger partial charge in [-0.15, -0.1) is 0 Å². The fourth-order valence-corrected chi connectivity index (χ4v) is 1.32. The Labute approximate surface area is 77.4 Å². The van der Waals surface area contributed by atoms with E-state index in [0.717, 1.165) is 11.8 Å². The zero-order valence-electron chi connectivity index (χ0n) is 8.88. The van der Waals surface area contributed by atoms with Crippen LogP contribution < -0.4 is 0 Å². The van der Waals surface area contributed by atoms with E-state index in [0.29, 0.717) is 0 Å². The van der Waals surface area contributed by atoms with Crippen molar-refractivity contribution in [2.45, 2.75) is 40.5 Å². The molecular weight excluding hydrogens is 144 g/mol. The maximum atomic E-state index is 2.33. The summed E-state index contributed by atoms with van der Waals surface area (Å²) in [5.74, 6) is 1.60. The van der Waals surface area contributed by atoms with Gasteiger partial charge in [0.25, 0.3) is 0 Å². The van der Waals surface area contributed by atoms with Crippen molar-refractivity contribution >= 4 is 0 Å². The van der Waals surface area contributed by atoms with E-state index in [4.69, 9.17) is 0 Å². The van der Waals surface area contributed by atoms with Gasteiger partial charge in [-0.1, -0.05) is 52.0 Å². The van der Waals surface area contributed by atoms with Crippen molar-refractivity contribution in [3.05, 3.63) is 24.3 Å². The predicted molar refractivity (Wildman–Crippen MR) is 57.2 cm³/mol. The monoisotopic (exact) mass is 166 g/mol. The summed E-state index contributed by atoms with van der Waals surface area (Å²) >= 11 is 0. The van der Waals surface area contributed by atoms with E-state index < -0.39 is 0 Å². The minimum Gasteiger partial charge on any atom is -0.0845 e. The van der Waals surface area contributed by atoms with E-state index in [-0.39, 0.29) is 0 Å². The van der Waals surface area contributed by atoms with Gasteiger partial charge in [0.2, 0.25) is 0 Å². The van der Waals surface area contributed by atoms with E-state index in [2.05, 4.69) is 38.2 Å². The lowest BCUT2D eigenvalue weighted by Crippen LogP contribution is -2.03. The van der Waals surface area contributed by atoms with E-state index in [9.17, 15) is 0 Å². The first kappa shape index (κ1) is 11.5. The second kappa shape index (κ2) is 7.15. The van der Waals surface area contributed by atoms with Crippen molar-refractivity contribution in [1.29, 1.82) is 0 Å². The van der Waals surface area contributed by atoms with Crippen molar-refractivity contribution in [2.75, 3.05) is 0 Å². The molecule has 0 saturated heterocycles. The summed E-state index contributed by atoms with van der Waals surface area (Å²) in [6.45, 7) is 8.58. The van der Waals surface area contributed by atoms with Crippen molar-refractivity contribution in [1.82, 2.24) is 0 Å². The molecule has 0 bridgehead atoms. The summed E-state index contributed by atoms with van der Waals surface area (Å²) in [7, 11) is 0. The van der Waals surface area contributed by atoms with E-state index >= 15 is 0 Å². The zero-order chi connectivity index (χ0) is 9.40. The Morgan fingerprint density at radius 1 is 1.17 bits per heavy atom. The van der Waals surface area contributed by atoms with Crippen molar-refractivity contribution in [3.63, 3.8) is 0 Å². The zero-order valence-corrected chi connectivity index (χ0v) is 8.88. The molecule has 0 radical (unpaired) electrons. The maximum absolute atomic E-state index is 2.33. The first-order valence-corrected chi connectivity index (χ1v) is 5.14. The normalized spacial score (nSPS) is 21.6. The quantitative estimate of drug-likeness (QED) is 0.548. The average Bonchev–Trinajstić information content (AvgIpc) is 2.35. The lowest BCUT2D eigenvalue weighted by molar-refractivity contribution is 0.441. The van der Waals surface area contributed by atoms with Crippen LogP contribution in [0.25, 0.3) is 0 Å². The molecule has 1 aliphatic rings. The van der Waals surface area contributed by atoms with Gasteiger partial charge in [0.05, 0.1) is 0 Å². The molecule has 1 atom stereocenters.